The van der Waals surface area contributed by atoms with Crippen LogP contribution in [0.1, 0.15) is 11.3 Å². The van der Waals surface area contributed by atoms with E-state index < -0.39 is 21.1 Å². The predicted octanol–water partition coefficient (Wildman–Crippen LogP) is 1.64. The predicted molar refractivity (Wildman–Crippen MR) is 104 cm³/mol. The topological polar surface area (TPSA) is 141 Å². The number of hydrogen-bond acceptors (Lipinski definition) is 10. The summed E-state index contributed by atoms with van der Waals surface area (Å²) in [5.41, 5.74) is 1.24. The summed E-state index contributed by atoms with van der Waals surface area (Å²) in [7, 11) is -3.47. The van der Waals surface area contributed by atoms with E-state index in [4.69, 9.17) is 8.92 Å². The van der Waals surface area contributed by atoms with Crippen molar-refractivity contribution in [2.75, 3.05) is 24.2 Å². The summed E-state index contributed by atoms with van der Waals surface area (Å²) in [5, 5.41) is 15.7. The van der Waals surface area contributed by atoms with Crippen molar-refractivity contribution in [1.82, 2.24) is 10.3 Å². The number of hydrogen-bond donors (Lipinski definition) is 1. The van der Waals surface area contributed by atoms with Gasteiger partial charge in [-0.2, -0.15) is 8.42 Å². The zero-order valence-corrected chi connectivity index (χ0v) is 16.9. The molecule has 156 valence electrons. The summed E-state index contributed by atoms with van der Waals surface area (Å²) in [5.74, 6) is 0. The van der Waals surface area contributed by atoms with Crippen LogP contribution in [-0.2, 0) is 32.2 Å². The maximum Gasteiger partial charge on any atom is 0.407 e. The van der Waals surface area contributed by atoms with Crippen LogP contribution in [0.15, 0.2) is 29.6 Å². The summed E-state index contributed by atoms with van der Waals surface area (Å²) in [4.78, 5) is 28.2. The Bertz CT molecular complexity index is 985. The van der Waals surface area contributed by atoms with E-state index in [1.165, 1.54) is 35.6 Å². The average Bonchev–Trinajstić information content (AvgIpc) is 3.09. The van der Waals surface area contributed by atoms with Gasteiger partial charge in [-0.1, -0.05) is 0 Å². The number of rotatable bonds is 8. The molecule has 0 aliphatic carbocycles. The number of benzene rings is 1. The van der Waals surface area contributed by atoms with Crippen molar-refractivity contribution in [2.45, 2.75) is 19.3 Å². The van der Waals surface area contributed by atoms with Crippen LogP contribution in [0.3, 0.4) is 0 Å². The van der Waals surface area contributed by atoms with Gasteiger partial charge in [-0.15, -0.1) is 11.3 Å². The standard InChI is InChI=1S/C16H18N4O7S2/c1-29(24,25)27-14-7-19(8-14)15-18-12(10-28-15)6-17-16(21)26-9-11-2-4-13(5-3-11)20(22)23/h2-5,10,14H,6-9H2,1H3,(H,17,21). The molecule has 13 heteroatoms. The van der Waals surface area contributed by atoms with Gasteiger partial charge >= 0.3 is 6.09 Å². The van der Waals surface area contributed by atoms with Gasteiger partial charge in [-0.25, -0.2) is 9.78 Å². The van der Waals surface area contributed by atoms with Gasteiger partial charge in [0.2, 0.25) is 0 Å². The largest absolute Gasteiger partial charge is 0.445 e. The Kier molecular flexibility index (Phi) is 6.30. The molecule has 1 N–H and O–H groups in total. The molecule has 1 aromatic heterocycles. The van der Waals surface area contributed by atoms with Gasteiger partial charge in [0.05, 0.1) is 23.4 Å². The van der Waals surface area contributed by atoms with Gasteiger partial charge in [0.15, 0.2) is 5.13 Å². The highest BCUT2D eigenvalue weighted by Crippen LogP contribution is 2.26. The number of alkyl carbamates (subject to hydrolysis) is 1. The second-order valence-corrected chi connectivity index (χ2v) is 8.74. The highest BCUT2D eigenvalue weighted by molar-refractivity contribution is 7.86. The molecule has 1 saturated heterocycles. The normalized spacial score (nSPS) is 14.3. The van der Waals surface area contributed by atoms with E-state index in [0.29, 0.717) is 24.3 Å². The number of anilines is 1. The molecule has 3 rings (SSSR count). The van der Waals surface area contributed by atoms with E-state index in [-0.39, 0.29) is 24.9 Å². The number of nitrogens with zero attached hydrogens (tertiary/aromatic N) is 3. The number of nitro groups is 1. The molecule has 1 aliphatic heterocycles. The number of amides is 1. The Morgan fingerprint density at radius 2 is 2.07 bits per heavy atom. The Hall–Kier alpha value is -2.77. The number of carbonyl (C=O) groups is 1. The number of ether oxygens (including phenoxy) is 1. The number of non-ortho nitro benzene ring substituents is 1. The summed E-state index contributed by atoms with van der Waals surface area (Å²) < 4.78 is 32.1. The molecular formula is C16H18N4O7S2. The summed E-state index contributed by atoms with van der Waals surface area (Å²) in [6.07, 6.45) is 0.0112. The molecule has 1 amide bonds. The third-order valence-corrected chi connectivity index (χ3v) is 5.47. The first-order valence-corrected chi connectivity index (χ1v) is 11.1. The van der Waals surface area contributed by atoms with Crippen LogP contribution in [0, 0.1) is 10.1 Å². The molecule has 1 aliphatic rings. The quantitative estimate of drug-likeness (QED) is 0.367. The van der Waals surface area contributed by atoms with E-state index in [9.17, 15) is 23.3 Å². The zero-order valence-electron chi connectivity index (χ0n) is 15.3. The van der Waals surface area contributed by atoms with Gasteiger partial charge in [0.25, 0.3) is 15.8 Å². The molecule has 2 heterocycles. The molecule has 0 saturated carbocycles. The van der Waals surface area contributed by atoms with E-state index in [1.54, 1.807) is 5.38 Å². The molecule has 0 spiro atoms. The van der Waals surface area contributed by atoms with Gasteiger partial charge in [0, 0.05) is 30.6 Å². The summed E-state index contributed by atoms with van der Waals surface area (Å²) in [6.45, 7) is 1.03. The van der Waals surface area contributed by atoms with Crippen LogP contribution in [0.4, 0.5) is 15.6 Å². The van der Waals surface area contributed by atoms with Crippen molar-refractivity contribution >= 4 is 38.4 Å². The number of thiazole rings is 1. The lowest BCUT2D eigenvalue weighted by atomic mass is 10.2. The molecule has 11 nitrogen and oxygen atoms in total. The molecule has 0 atom stereocenters. The maximum absolute atomic E-state index is 11.8. The highest BCUT2D eigenvalue weighted by atomic mass is 32.2. The highest BCUT2D eigenvalue weighted by Gasteiger charge is 2.32. The van der Waals surface area contributed by atoms with Gasteiger partial charge < -0.3 is 15.0 Å². The third-order valence-electron chi connectivity index (χ3n) is 3.90. The van der Waals surface area contributed by atoms with Crippen molar-refractivity contribution in [3.8, 4) is 0 Å². The monoisotopic (exact) mass is 442 g/mol. The molecule has 29 heavy (non-hydrogen) atoms. The van der Waals surface area contributed by atoms with Gasteiger partial charge in [-0.05, 0) is 17.7 Å². The first-order valence-electron chi connectivity index (χ1n) is 8.41. The van der Waals surface area contributed by atoms with Crippen molar-refractivity contribution in [3.05, 3.63) is 51.0 Å². The molecule has 0 unspecified atom stereocenters. The molecule has 0 bridgehead atoms. The Morgan fingerprint density at radius 1 is 1.38 bits per heavy atom. The summed E-state index contributed by atoms with van der Waals surface area (Å²) in [6, 6.07) is 5.72. The Morgan fingerprint density at radius 3 is 2.69 bits per heavy atom. The zero-order chi connectivity index (χ0) is 21.0. The van der Waals surface area contributed by atoms with E-state index in [1.807, 2.05) is 4.90 Å². The molecular weight excluding hydrogens is 424 g/mol. The van der Waals surface area contributed by atoms with Crippen molar-refractivity contribution < 1.29 is 27.1 Å². The first-order chi connectivity index (χ1) is 13.7. The minimum absolute atomic E-state index is 0.0123. The fourth-order valence-corrected chi connectivity index (χ4v) is 3.96. The van der Waals surface area contributed by atoms with E-state index >= 15 is 0 Å². The average molecular weight is 442 g/mol. The van der Waals surface area contributed by atoms with E-state index in [2.05, 4.69) is 10.3 Å². The maximum atomic E-state index is 11.8. The molecule has 2 aromatic rings. The lowest BCUT2D eigenvalue weighted by Gasteiger charge is -2.37. The van der Waals surface area contributed by atoms with Crippen molar-refractivity contribution in [2.24, 2.45) is 0 Å². The Labute approximate surface area is 170 Å². The van der Waals surface area contributed by atoms with Crippen LogP contribution in [-0.4, -0.2) is 49.9 Å². The van der Waals surface area contributed by atoms with Crippen molar-refractivity contribution in [1.29, 1.82) is 0 Å². The van der Waals surface area contributed by atoms with Crippen molar-refractivity contribution in [3.63, 3.8) is 0 Å². The second kappa shape index (κ2) is 8.71. The molecule has 1 aromatic carbocycles. The summed E-state index contributed by atoms with van der Waals surface area (Å²) >= 11 is 1.38. The number of carbonyl (C=O) groups excluding carboxylic acids is 1. The second-order valence-electron chi connectivity index (χ2n) is 6.30. The smallest absolute Gasteiger partial charge is 0.407 e. The fourth-order valence-electron chi connectivity index (χ4n) is 2.50. The number of aromatic nitrogens is 1. The van der Waals surface area contributed by atoms with Gasteiger partial charge in [0.1, 0.15) is 12.7 Å². The van der Waals surface area contributed by atoms with E-state index in [0.717, 1.165) is 11.4 Å². The van der Waals surface area contributed by atoms with Crippen LogP contribution < -0.4 is 10.2 Å². The van der Waals surface area contributed by atoms with Crippen LogP contribution in [0.25, 0.3) is 0 Å². The SMILES string of the molecule is CS(=O)(=O)OC1CN(c2nc(CNC(=O)OCc3ccc([N+](=O)[O-])cc3)cs2)C1. The minimum atomic E-state index is -3.47. The molecule has 1 fully saturated rings. The molecule has 0 radical (unpaired) electrons. The van der Waals surface area contributed by atoms with Gasteiger partial charge in [-0.3, -0.25) is 14.3 Å². The number of nitrogens with one attached hydrogen (secondary N) is 1. The lowest BCUT2D eigenvalue weighted by molar-refractivity contribution is -0.384. The van der Waals surface area contributed by atoms with Crippen LogP contribution in [0.2, 0.25) is 0 Å². The first kappa shape index (κ1) is 21.0. The lowest BCUT2D eigenvalue weighted by Crippen LogP contribution is -2.53. The third kappa shape index (κ3) is 6.10. The Balaban J connectivity index is 1.39. The van der Waals surface area contributed by atoms with Crippen LogP contribution in [0.5, 0.6) is 0 Å². The van der Waals surface area contributed by atoms with Crippen LogP contribution >= 0.6 is 11.3 Å². The minimum Gasteiger partial charge on any atom is -0.445 e. The number of nitro benzene ring substituents is 1. The fraction of sp³-hybridized carbons (Fsp3) is 0.375.